The van der Waals surface area contributed by atoms with Gasteiger partial charge in [-0.3, -0.25) is 9.97 Å². The second-order valence-corrected chi connectivity index (χ2v) is 20.6. The molecule has 0 saturated carbocycles. The molecule has 10 aromatic carbocycles. The van der Waals surface area contributed by atoms with Crippen molar-refractivity contribution in [1.29, 1.82) is 5.26 Å². The third-order valence-corrected chi connectivity index (χ3v) is 16.6. The van der Waals surface area contributed by atoms with Crippen LogP contribution in [-0.4, -0.2) is 23.7 Å². The Kier molecular flexibility index (Phi) is 8.55. The summed E-state index contributed by atoms with van der Waals surface area (Å²) >= 11 is 0. The van der Waals surface area contributed by atoms with E-state index in [9.17, 15) is 5.26 Å². The summed E-state index contributed by atoms with van der Waals surface area (Å²) < 4.78 is 27.8. The Labute approximate surface area is 453 Å². The minimum absolute atomic E-state index is 0.437. The van der Waals surface area contributed by atoms with Gasteiger partial charge in [-0.05, 0) is 84.9 Å². The summed E-state index contributed by atoms with van der Waals surface area (Å²) in [5, 5.41) is 24.8. The van der Waals surface area contributed by atoms with Gasteiger partial charge in [-0.15, -0.1) is 0 Å². The maximum atomic E-state index is 12.8. The van der Waals surface area contributed by atoms with Gasteiger partial charge in [0.1, 0.15) is 45.1 Å². The summed E-state index contributed by atoms with van der Waals surface area (Å²) in [7, 11) is 0. The second-order valence-electron chi connectivity index (χ2n) is 20.6. The zero-order valence-electron chi connectivity index (χ0n) is 42.3. The minimum Gasteiger partial charge on any atom is -0.455 e. The summed E-state index contributed by atoms with van der Waals surface area (Å²) in [6, 6.07) is 74.5. The van der Waals surface area contributed by atoms with Crippen molar-refractivity contribution in [2.75, 3.05) is 0 Å². The van der Waals surface area contributed by atoms with Gasteiger partial charge in [0.25, 0.3) is 0 Å². The molecule has 370 valence electrons. The van der Waals surface area contributed by atoms with E-state index in [2.05, 4.69) is 177 Å². The van der Waals surface area contributed by atoms with E-state index in [1.165, 1.54) is 0 Å². The fraction of sp³-hybridized carbons (Fsp3) is 0. The van der Waals surface area contributed by atoms with Gasteiger partial charge in [0, 0.05) is 95.5 Å². The summed E-state index contributed by atoms with van der Waals surface area (Å²) in [6.07, 6.45) is 7.45. The van der Waals surface area contributed by atoms with Crippen LogP contribution in [-0.2, 0) is 0 Å². The minimum atomic E-state index is 0.437. The quantitative estimate of drug-likeness (QED) is 0.170. The molecular formula is C71H38N6O3. The predicted molar refractivity (Wildman–Crippen MR) is 322 cm³/mol. The zero-order valence-corrected chi connectivity index (χ0v) is 42.3. The number of rotatable bonds is 5. The van der Waals surface area contributed by atoms with Crippen LogP contribution in [0.5, 0.6) is 0 Å². The molecule has 8 aromatic heterocycles. The Morgan fingerprint density at radius 1 is 0.312 bits per heavy atom. The molecule has 80 heavy (non-hydrogen) atoms. The molecule has 0 saturated heterocycles. The third kappa shape index (κ3) is 5.57. The first-order valence-corrected chi connectivity index (χ1v) is 26.7. The largest absolute Gasteiger partial charge is 0.455 e. The lowest BCUT2D eigenvalue weighted by Gasteiger charge is -2.28. The SMILES string of the molecule is N#Cc1c(-n2c3ccccc3c3c4oc5ccccc5c4ccc32)c(-c2cccnc2)c(-n2c3ccccc3c3c4oc5ccccc5c4ccc32)c(-c2cccnc2)c1-n1c2ccccc2c2c3oc4ccccc4c3ccc21. The van der Waals surface area contributed by atoms with E-state index in [1.54, 1.807) is 12.4 Å². The second kappa shape index (κ2) is 15.9. The van der Waals surface area contributed by atoms with Crippen LogP contribution in [0.4, 0.5) is 0 Å². The highest BCUT2D eigenvalue weighted by Crippen LogP contribution is 2.54. The number of hydrogen-bond acceptors (Lipinski definition) is 6. The van der Waals surface area contributed by atoms with E-state index in [1.807, 2.05) is 60.9 Å². The van der Waals surface area contributed by atoms with E-state index < -0.39 is 0 Å². The number of furan rings is 3. The molecule has 0 aliphatic rings. The molecule has 0 aliphatic carbocycles. The maximum Gasteiger partial charge on any atom is 0.145 e. The number of aromatic nitrogens is 5. The lowest BCUT2D eigenvalue weighted by molar-refractivity contribution is 0.672. The van der Waals surface area contributed by atoms with E-state index in [4.69, 9.17) is 23.2 Å². The first-order chi connectivity index (χ1) is 39.7. The highest BCUT2D eigenvalue weighted by Gasteiger charge is 2.35. The van der Waals surface area contributed by atoms with Gasteiger partial charge in [-0.2, -0.15) is 5.26 Å². The van der Waals surface area contributed by atoms with Gasteiger partial charge in [-0.1, -0.05) is 121 Å². The van der Waals surface area contributed by atoms with Gasteiger partial charge in [-0.25, -0.2) is 0 Å². The van der Waals surface area contributed by atoms with E-state index in [0.717, 1.165) is 159 Å². The topological polar surface area (TPSA) is 104 Å². The summed E-state index contributed by atoms with van der Waals surface area (Å²) in [6.45, 7) is 0. The summed E-state index contributed by atoms with van der Waals surface area (Å²) in [5.74, 6) is 0. The normalized spacial score (nSPS) is 12.2. The van der Waals surface area contributed by atoms with Crippen molar-refractivity contribution >= 4 is 131 Å². The van der Waals surface area contributed by atoms with Crippen molar-refractivity contribution in [2.45, 2.75) is 0 Å². The molecule has 0 bridgehead atoms. The fourth-order valence-electron chi connectivity index (χ4n) is 13.5. The number of nitrogens with zero attached hydrogens (tertiary/aromatic N) is 6. The molecule has 8 heterocycles. The van der Waals surface area contributed by atoms with Crippen LogP contribution in [0.1, 0.15) is 5.56 Å². The van der Waals surface area contributed by atoms with Crippen molar-refractivity contribution in [3.8, 4) is 45.4 Å². The molecule has 0 spiro atoms. The Hall–Kier alpha value is -11.2. The molecule has 0 N–H and O–H groups in total. The lowest BCUT2D eigenvalue weighted by Crippen LogP contribution is -2.13. The Morgan fingerprint density at radius 2 is 0.650 bits per heavy atom. The van der Waals surface area contributed by atoms with Crippen LogP contribution in [0.25, 0.3) is 171 Å². The number of nitriles is 1. The first-order valence-electron chi connectivity index (χ1n) is 26.7. The smallest absolute Gasteiger partial charge is 0.145 e. The van der Waals surface area contributed by atoms with E-state index in [-0.39, 0.29) is 0 Å². The molecule has 0 aliphatic heterocycles. The molecule has 9 heteroatoms. The van der Waals surface area contributed by atoms with Crippen molar-refractivity contribution in [1.82, 2.24) is 23.7 Å². The maximum absolute atomic E-state index is 12.8. The third-order valence-electron chi connectivity index (χ3n) is 16.6. The number of hydrogen-bond donors (Lipinski definition) is 0. The Bertz CT molecular complexity index is 5490. The van der Waals surface area contributed by atoms with Crippen molar-refractivity contribution in [3.05, 3.63) is 237 Å². The van der Waals surface area contributed by atoms with E-state index >= 15 is 0 Å². The van der Waals surface area contributed by atoms with Crippen LogP contribution in [0, 0.1) is 11.3 Å². The molecule has 0 atom stereocenters. The molecule has 0 fully saturated rings. The Balaban J connectivity index is 1.13. The van der Waals surface area contributed by atoms with Gasteiger partial charge < -0.3 is 27.0 Å². The number of para-hydroxylation sites is 6. The Morgan fingerprint density at radius 3 is 1.00 bits per heavy atom. The highest BCUT2D eigenvalue weighted by molar-refractivity contribution is 6.28. The van der Waals surface area contributed by atoms with Gasteiger partial charge in [0.15, 0.2) is 0 Å². The summed E-state index contributed by atoms with van der Waals surface area (Å²) in [4.78, 5) is 9.77. The monoisotopic (exact) mass is 1020 g/mol. The summed E-state index contributed by atoms with van der Waals surface area (Å²) in [5.41, 5.74) is 16.0. The van der Waals surface area contributed by atoms with Crippen LogP contribution in [0.3, 0.4) is 0 Å². The van der Waals surface area contributed by atoms with E-state index in [0.29, 0.717) is 16.9 Å². The molecular weight excluding hydrogens is 985 g/mol. The zero-order chi connectivity index (χ0) is 52.3. The lowest BCUT2D eigenvalue weighted by atomic mass is 9.89. The van der Waals surface area contributed by atoms with Crippen LogP contribution in [0.15, 0.2) is 244 Å². The molecule has 0 unspecified atom stereocenters. The van der Waals surface area contributed by atoms with Crippen molar-refractivity contribution in [3.63, 3.8) is 0 Å². The number of benzene rings is 10. The van der Waals surface area contributed by atoms with Crippen molar-refractivity contribution < 1.29 is 13.3 Å². The molecule has 9 nitrogen and oxygen atoms in total. The fourth-order valence-corrected chi connectivity index (χ4v) is 13.5. The standard InChI is InChI=1S/C71H38N6O3/c72-37-51-66(75-52-23-7-1-20-48(52)63-55(75)32-29-45-42-17-4-10-26-58(42)78-69(45)63)61(40-15-13-35-73-38-40)68(77-54-25-9-3-22-50(54)65-57(77)34-31-47-44-19-6-12-28-60(44)80-71(47)65)62(41-16-14-36-74-39-41)67(51)76-53-24-8-2-21-49(53)64-56(76)33-30-46-43-18-5-11-27-59(43)79-70(46)64/h1-36,38-39H. The van der Waals surface area contributed by atoms with Gasteiger partial charge in [0.2, 0.25) is 0 Å². The van der Waals surface area contributed by atoms with Crippen LogP contribution >= 0.6 is 0 Å². The van der Waals surface area contributed by atoms with Crippen LogP contribution < -0.4 is 0 Å². The average molecular weight is 1020 g/mol. The van der Waals surface area contributed by atoms with Gasteiger partial charge in [0.05, 0.1) is 66.3 Å². The highest BCUT2D eigenvalue weighted by atomic mass is 16.3. The molecule has 0 radical (unpaired) electrons. The molecule has 0 amide bonds. The molecule has 18 rings (SSSR count). The first kappa shape index (κ1) is 43.0. The number of pyridine rings is 2. The average Bonchev–Trinajstić information content (AvgIpc) is 4.43. The number of fused-ring (bicyclic) bond motifs is 21. The molecule has 18 aromatic rings. The van der Waals surface area contributed by atoms with Crippen molar-refractivity contribution in [2.24, 2.45) is 0 Å². The van der Waals surface area contributed by atoms with Gasteiger partial charge >= 0.3 is 0 Å². The van der Waals surface area contributed by atoms with Crippen LogP contribution in [0.2, 0.25) is 0 Å². The predicted octanol–water partition coefficient (Wildman–Crippen LogP) is 18.7.